The van der Waals surface area contributed by atoms with Gasteiger partial charge in [0, 0.05) is 5.56 Å². The minimum atomic E-state index is -0.914. The summed E-state index contributed by atoms with van der Waals surface area (Å²) in [5.74, 6) is -2.94. The van der Waals surface area contributed by atoms with E-state index in [4.69, 9.17) is 10.2 Å². The standard InChI is InChI=1S/C23H17N3O6/c1-11(27)17-12(2)32-21(18(17)19(24)28)25-20(29)13-7-9-14(10-8-13)26-22(30)15-5-3-4-6-16(15)23(26)31/h3-10H,1-2H3,(H2,24,28)(H,25,29). The van der Waals surface area contributed by atoms with Crippen molar-refractivity contribution in [3.8, 4) is 0 Å². The summed E-state index contributed by atoms with van der Waals surface area (Å²) >= 11 is 0. The van der Waals surface area contributed by atoms with Crippen molar-refractivity contribution in [2.75, 3.05) is 10.2 Å². The molecule has 160 valence electrons. The van der Waals surface area contributed by atoms with Crippen LogP contribution in [0, 0.1) is 6.92 Å². The number of amides is 4. The van der Waals surface area contributed by atoms with Gasteiger partial charge >= 0.3 is 0 Å². The molecule has 3 N–H and O–H groups in total. The Morgan fingerprint density at radius 3 is 1.97 bits per heavy atom. The average Bonchev–Trinajstić information content (AvgIpc) is 3.22. The highest BCUT2D eigenvalue weighted by molar-refractivity contribution is 6.34. The number of anilines is 2. The van der Waals surface area contributed by atoms with E-state index in [9.17, 15) is 24.0 Å². The molecule has 0 atom stereocenters. The number of nitrogens with zero attached hydrogens (tertiary/aromatic N) is 1. The molecule has 0 fully saturated rings. The lowest BCUT2D eigenvalue weighted by Crippen LogP contribution is -2.29. The van der Waals surface area contributed by atoms with Crippen molar-refractivity contribution >= 4 is 41.0 Å². The number of nitrogens with one attached hydrogen (secondary N) is 1. The molecule has 0 aliphatic carbocycles. The van der Waals surface area contributed by atoms with Crippen LogP contribution in [-0.2, 0) is 0 Å². The normalized spacial score (nSPS) is 12.6. The van der Waals surface area contributed by atoms with Crippen LogP contribution in [0.5, 0.6) is 0 Å². The molecule has 1 aliphatic rings. The topological polar surface area (TPSA) is 140 Å². The summed E-state index contributed by atoms with van der Waals surface area (Å²) < 4.78 is 5.38. The van der Waals surface area contributed by atoms with Gasteiger partial charge in [-0.2, -0.15) is 0 Å². The fourth-order valence-electron chi connectivity index (χ4n) is 3.65. The minimum Gasteiger partial charge on any atom is -0.444 e. The molecule has 0 radical (unpaired) electrons. The van der Waals surface area contributed by atoms with Gasteiger partial charge in [-0.25, -0.2) is 4.90 Å². The summed E-state index contributed by atoms with van der Waals surface area (Å²) in [5.41, 5.74) is 6.26. The highest BCUT2D eigenvalue weighted by Gasteiger charge is 2.36. The number of ketones is 1. The van der Waals surface area contributed by atoms with E-state index in [1.807, 2.05) is 0 Å². The SMILES string of the molecule is CC(=O)c1c(C)oc(NC(=O)c2ccc(N3C(=O)c4ccccc4C3=O)cc2)c1C(N)=O. The molecule has 2 aromatic carbocycles. The highest BCUT2D eigenvalue weighted by atomic mass is 16.4. The van der Waals surface area contributed by atoms with E-state index in [1.54, 1.807) is 24.3 Å². The van der Waals surface area contributed by atoms with Crippen LogP contribution in [0.1, 0.15) is 64.5 Å². The predicted octanol–water partition coefficient (Wildman–Crippen LogP) is 2.94. The summed E-state index contributed by atoms with van der Waals surface area (Å²) in [6.07, 6.45) is 0. The second-order valence-corrected chi connectivity index (χ2v) is 7.15. The molecule has 4 amide bonds. The molecule has 0 unspecified atom stereocenters. The van der Waals surface area contributed by atoms with Crippen molar-refractivity contribution in [3.63, 3.8) is 0 Å². The summed E-state index contributed by atoms with van der Waals surface area (Å²) in [4.78, 5) is 62.5. The van der Waals surface area contributed by atoms with Crippen LogP contribution in [-0.4, -0.2) is 29.4 Å². The van der Waals surface area contributed by atoms with Gasteiger partial charge in [-0.05, 0) is 50.2 Å². The third-order valence-corrected chi connectivity index (χ3v) is 5.09. The van der Waals surface area contributed by atoms with Gasteiger partial charge in [0.2, 0.25) is 5.88 Å². The Balaban J connectivity index is 1.59. The molecular formula is C23H17N3O6. The van der Waals surface area contributed by atoms with Crippen molar-refractivity contribution in [3.05, 3.63) is 82.1 Å². The van der Waals surface area contributed by atoms with Crippen LogP contribution < -0.4 is 16.0 Å². The maximum Gasteiger partial charge on any atom is 0.266 e. The lowest BCUT2D eigenvalue weighted by molar-refractivity contribution is 0.0923. The maximum atomic E-state index is 12.7. The number of rotatable bonds is 5. The molecule has 0 bridgehead atoms. The summed E-state index contributed by atoms with van der Waals surface area (Å²) in [6.45, 7) is 2.74. The van der Waals surface area contributed by atoms with Crippen LogP contribution in [0.25, 0.3) is 0 Å². The largest absolute Gasteiger partial charge is 0.444 e. The van der Waals surface area contributed by atoms with Crippen molar-refractivity contribution in [1.82, 2.24) is 0 Å². The van der Waals surface area contributed by atoms with Crippen LogP contribution in [0.3, 0.4) is 0 Å². The number of nitrogens with two attached hydrogens (primary N) is 1. The molecular weight excluding hydrogens is 414 g/mol. The lowest BCUT2D eigenvalue weighted by atomic mass is 10.1. The van der Waals surface area contributed by atoms with Gasteiger partial charge in [-0.3, -0.25) is 29.3 Å². The molecule has 3 aromatic rings. The number of aryl methyl sites for hydroxylation is 1. The van der Waals surface area contributed by atoms with E-state index in [-0.39, 0.29) is 28.3 Å². The van der Waals surface area contributed by atoms with Crippen LogP contribution in [0.15, 0.2) is 52.9 Å². The van der Waals surface area contributed by atoms with Gasteiger partial charge in [0.15, 0.2) is 5.78 Å². The number of hydrogen-bond acceptors (Lipinski definition) is 6. The third kappa shape index (κ3) is 3.25. The molecule has 0 spiro atoms. The zero-order chi connectivity index (χ0) is 23.2. The summed E-state index contributed by atoms with van der Waals surface area (Å²) in [6, 6.07) is 12.3. The van der Waals surface area contributed by atoms with E-state index in [1.165, 1.54) is 38.1 Å². The van der Waals surface area contributed by atoms with Crippen LogP contribution in [0.4, 0.5) is 11.6 Å². The van der Waals surface area contributed by atoms with E-state index < -0.39 is 29.4 Å². The van der Waals surface area contributed by atoms with Crippen LogP contribution in [0.2, 0.25) is 0 Å². The molecule has 0 saturated carbocycles. The molecule has 2 heterocycles. The first-order valence-electron chi connectivity index (χ1n) is 9.54. The van der Waals surface area contributed by atoms with Crippen molar-refractivity contribution in [2.24, 2.45) is 5.73 Å². The molecule has 9 heteroatoms. The first-order valence-corrected chi connectivity index (χ1v) is 9.54. The fourth-order valence-corrected chi connectivity index (χ4v) is 3.65. The Morgan fingerprint density at radius 2 is 1.47 bits per heavy atom. The first kappa shape index (κ1) is 20.7. The molecule has 1 aromatic heterocycles. The van der Waals surface area contributed by atoms with Crippen molar-refractivity contribution < 1.29 is 28.4 Å². The van der Waals surface area contributed by atoms with Gasteiger partial charge < -0.3 is 10.2 Å². The van der Waals surface area contributed by atoms with Gasteiger partial charge in [0.1, 0.15) is 11.3 Å². The first-order chi connectivity index (χ1) is 15.2. The zero-order valence-electron chi connectivity index (χ0n) is 17.1. The van der Waals surface area contributed by atoms with E-state index in [2.05, 4.69) is 5.32 Å². The number of hydrogen-bond donors (Lipinski definition) is 2. The number of primary amides is 1. The Morgan fingerprint density at radius 1 is 0.906 bits per heavy atom. The highest BCUT2D eigenvalue weighted by Crippen LogP contribution is 2.30. The molecule has 1 aliphatic heterocycles. The Bertz CT molecular complexity index is 1280. The number of carbonyl (C=O) groups excluding carboxylic acids is 5. The zero-order valence-corrected chi connectivity index (χ0v) is 17.1. The van der Waals surface area contributed by atoms with Gasteiger partial charge in [0.25, 0.3) is 23.6 Å². The number of benzene rings is 2. The van der Waals surface area contributed by atoms with Crippen LogP contribution >= 0.6 is 0 Å². The van der Waals surface area contributed by atoms with Gasteiger partial charge in [-0.1, -0.05) is 12.1 Å². The molecule has 32 heavy (non-hydrogen) atoms. The number of Topliss-reactive ketones (excluding diaryl/α,β-unsaturated/α-hetero) is 1. The number of carbonyl (C=O) groups is 5. The molecule has 4 rings (SSSR count). The van der Waals surface area contributed by atoms with Gasteiger partial charge in [0.05, 0.1) is 22.4 Å². The second-order valence-electron chi connectivity index (χ2n) is 7.15. The molecule has 0 saturated heterocycles. The fraction of sp³-hybridized carbons (Fsp3) is 0.0870. The Labute approximate surface area is 181 Å². The Hall–Kier alpha value is -4.53. The summed E-state index contributed by atoms with van der Waals surface area (Å²) in [7, 11) is 0. The average molecular weight is 431 g/mol. The Kier molecular flexibility index (Phi) is 4.94. The second kappa shape index (κ2) is 7.62. The smallest absolute Gasteiger partial charge is 0.266 e. The maximum absolute atomic E-state index is 12.7. The monoisotopic (exact) mass is 431 g/mol. The van der Waals surface area contributed by atoms with Crippen molar-refractivity contribution in [1.29, 1.82) is 0 Å². The number of furan rings is 1. The minimum absolute atomic E-state index is 0.00812. The van der Waals surface area contributed by atoms with E-state index >= 15 is 0 Å². The van der Waals surface area contributed by atoms with Crippen molar-refractivity contribution in [2.45, 2.75) is 13.8 Å². The summed E-state index contributed by atoms with van der Waals surface area (Å²) in [5, 5.41) is 2.44. The predicted molar refractivity (Wildman–Crippen MR) is 114 cm³/mol. The third-order valence-electron chi connectivity index (χ3n) is 5.09. The number of fused-ring (bicyclic) bond motifs is 1. The van der Waals surface area contributed by atoms with Gasteiger partial charge in [-0.15, -0.1) is 0 Å². The number of imide groups is 1. The van der Waals surface area contributed by atoms with E-state index in [0.717, 1.165) is 4.90 Å². The lowest BCUT2D eigenvalue weighted by Gasteiger charge is -2.14. The van der Waals surface area contributed by atoms with E-state index in [0.29, 0.717) is 16.8 Å². The molecule has 9 nitrogen and oxygen atoms in total. The quantitative estimate of drug-likeness (QED) is 0.470.